The Morgan fingerprint density at radius 1 is 1.11 bits per heavy atom. The number of aromatic nitrogens is 3. The first kappa shape index (κ1) is 25.5. The van der Waals surface area contributed by atoms with E-state index in [-0.39, 0.29) is 0 Å². The van der Waals surface area contributed by atoms with E-state index in [4.69, 9.17) is 25.2 Å². The van der Waals surface area contributed by atoms with Gasteiger partial charge < -0.3 is 30.3 Å². The van der Waals surface area contributed by atoms with Crippen molar-refractivity contribution in [1.82, 2.24) is 19.9 Å². The van der Waals surface area contributed by atoms with E-state index in [0.717, 1.165) is 98.0 Å². The molecule has 0 saturated carbocycles. The lowest BCUT2D eigenvalue weighted by Crippen LogP contribution is -2.42. The summed E-state index contributed by atoms with van der Waals surface area (Å²) in [6.45, 7) is 5.64. The van der Waals surface area contributed by atoms with Crippen molar-refractivity contribution >= 4 is 28.4 Å². The molecule has 3 aromatic rings. The van der Waals surface area contributed by atoms with Crippen LogP contribution in [0.4, 0.5) is 17.3 Å². The number of pyridine rings is 1. The largest absolute Gasteiger partial charge is 0.495 e. The van der Waals surface area contributed by atoms with Crippen LogP contribution in [0.15, 0.2) is 24.4 Å². The lowest BCUT2D eigenvalue weighted by atomic mass is 10.0. The number of fused-ring (bicyclic) bond motifs is 1. The summed E-state index contributed by atoms with van der Waals surface area (Å²) in [5.74, 6) is 2.07. The fraction of sp³-hybridized carbons (Fsp3) is 0.536. The molecule has 3 N–H and O–H groups in total. The van der Waals surface area contributed by atoms with Crippen molar-refractivity contribution in [2.45, 2.75) is 51.1 Å². The number of ether oxygens (including phenoxy) is 2. The zero-order valence-corrected chi connectivity index (χ0v) is 22.5. The predicted molar refractivity (Wildman–Crippen MR) is 149 cm³/mol. The van der Waals surface area contributed by atoms with Gasteiger partial charge in [0.15, 0.2) is 5.82 Å². The van der Waals surface area contributed by atoms with E-state index in [1.165, 1.54) is 0 Å². The highest BCUT2D eigenvalue weighted by Crippen LogP contribution is 2.37. The maximum absolute atomic E-state index is 6.29. The summed E-state index contributed by atoms with van der Waals surface area (Å²) >= 11 is 0. The third-order valence-corrected chi connectivity index (χ3v) is 7.72. The first-order chi connectivity index (χ1) is 18.0. The van der Waals surface area contributed by atoms with Crippen LogP contribution < -0.4 is 20.7 Å². The Morgan fingerprint density at radius 3 is 2.54 bits per heavy atom. The van der Waals surface area contributed by atoms with Gasteiger partial charge in [-0.2, -0.15) is 0 Å². The molecule has 0 amide bonds. The predicted octanol–water partition coefficient (Wildman–Crippen LogP) is 3.97. The van der Waals surface area contributed by atoms with E-state index >= 15 is 0 Å². The second-order valence-electron chi connectivity index (χ2n) is 10.2. The van der Waals surface area contributed by atoms with E-state index in [0.29, 0.717) is 23.4 Å². The third kappa shape index (κ3) is 5.29. The minimum Gasteiger partial charge on any atom is -0.495 e. The molecule has 0 bridgehead atoms. The molecule has 5 rings (SSSR count). The van der Waals surface area contributed by atoms with Gasteiger partial charge in [0.1, 0.15) is 22.6 Å². The Morgan fingerprint density at radius 2 is 1.86 bits per heavy atom. The number of nitrogens with zero attached hydrogens (tertiary/aromatic N) is 5. The number of piperidine rings is 1. The van der Waals surface area contributed by atoms with Crippen LogP contribution in [0.3, 0.4) is 0 Å². The average molecular weight is 506 g/mol. The molecule has 1 aromatic carbocycles. The van der Waals surface area contributed by atoms with Gasteiger partial charge in [0, 0.05) is 50.1 Å². The lowest BCUT2D eigenvalue weighted by Gasteiger charge is -2.37. The molecule has 2 aliphatic heterocycles. The molecule has 198 valence electrons. The zero-order chi connectivity index (χ0) is 25.9. The van der Waals surface area contributed by atoms with Crippen LogP contribution in [-0.2, 0) is 11.2 Å². The second-order valence-corrected chi connectivity index (χ2v) is 10.2. The molecule has 0 spiro atoms. The van der Waals surface area contributed by atoms with Crippen molar-refractivity contribution in [3.05, 3.63) is 30.1 Å². The van der Waals surface area contributed by atoms with Crippen LogP contribution in [0.5, 0.6) is 5.75 Å². The number of benzene rings is 1. The van der Waals surface area contributed by atoms with Gasteiger partial charge in [-0.05, 0) is 63.9 Å². The molecule has 0 atom stereocenters. The molecule has 0 radical (unpaired) electrons. The molecule has 2 aliphatic rings. The SMILES string of the molecule is CCc1nc2c(N)ncc(-c3ccc(N4CCC(N(C)C)CC4)c(OC)c3)c2nc1NC1CCOCC1. The number of hydrogen-bond donors (Lipinski definition) is 2. The first-order valence-corrected chi connectivity index (χ1v) is 13.4. The lowest BCUT2D eigenvalue weighted by molar-refractivity contribution is 0.0903. The minimum absolute atomic E-state index is 0.324. The molecular weight excluding hydrogens is 466 g/mol. The van der Waals surface area contributed by atoms with E-state index in [1.54, 1.807) is 13.3 Å². The Hall–Kier alpha value is -3.17. The Kier molecular flexibility index (Phi) is 7.62. The highest BCUT2D eigenvalue weighted by atomic mass is 16.5. The van der Waals surface area contributed by atoms with Crippen molar-refractivity contribution in [3.63, 3.8) is 0 Å². The van der Waals surface area contributed by atoms with E-state index < -0.39 is 0 Å². The molecule has 2 saturated heterocycles. The number of rotatable bonds is 7. The molecule has 9 nitrogen and oxygen atoms in total. The van der Waals surface area contributed by atoms with Gasteiger partial charge in [0.25, 0.3) is 0 Å². The summed E-state index contributed by atoms with van der Waals surface area (Å²) in [6, 6.07) is 7.32. The van der Waals surface area contributed by atoms with Crippen LogP contribution >= 0.6 is 0 Å². The number of methoxy groups -OCH3 is 1. The summed E-state index contributed by atoms with van der Waals surface area (Å²) < 4.78 is 11.4. The fourth-order valence-corrected chi connectivity index (χ4v) is 5.43. The van der Waals surface area contributed by atoms with Crippen LogP contribution in [0.1, 0.15) is 38.3 Å². The highest BCUT2D eigenvalue weighted by molar-refractivity contribution is 5.97. The normalized spacial score (nSPS) is 17.5. The molecule has 37 heavy (non-hydrogen) atoms. The molecule has 2 aromatic heterocycles. The number of anilines is 3. The number of hydrogen-bond acceptors (Lipinski definition) is 9. The molecule has 2 fully saturated rings. The van der Waals surface area contributed by atoms with Crippen molar-refractivity contribution in [1.29, 1.82) is 0 Å². The summed E-state index contributed by atoms with van der Waals surface area (Å²) in [7, 11) is 6.06. The van der Waals surface area contributed by atoms with Crippen molar-refractivity contribution in [3.8, 4) is 16.9 Å². The Labute approximate surface area is 219 Å². The molecule has 4 heterocycles. The number of nitrogen functional groups attached to an aromatic ring is 1. The summed E-state index contributed by atoms with van der Waals surface area (Å²) in [4.78, 5) is 19.2. The van der Waals surface area contributed by atoms with Gasteiger partial charge in [0.05, 0.1) is 18.5 Å². The first-order valence-electron chi connectivity index (χ1n) is 13.4. The summed E-state index contributed by atoms with van der Waals surface area (Å²) in [6.07, 6.45) is 6.75. The maximum atomic E-state index is 6.29. The van der Waals surface area contributed by atoms with E-state index in [2.05, 4.69) is 59.3 Å². The van der Waals surface area contributed by atoms with Crippen LogP contribution in [-0.4, -0.2) is 79.4 Å². The maximum Gasteiger partial charge on any atom is 0.151 e. The van der Waals surface area contributed by atoms with E-state index in [9.17, 15) is 0 Å². The fourth-order valence-electron chi connectivity index (χ4n) is 5.43. The summed E-state index contributed by atoms with van der Waals surface area (Å²) in [5, 5.41) is 3.63. The number of nitrogens with one attached hydrogen (secondary N) is 1. The van der Waals surface area contributed by atoms with E-state index in [1.807, 2.05) is 0 Å². The molecule has 0 unspecified atom stereocenters. The number of aryl methyl sites for hydroxylation is 1. The average Bonchev–Trinajstić information content (AvgIpc) is 2.93. The van der Waals surface area contributed by atoms with Gasteiger partial charge in [-0.3, -0.25) is 0 Å². The Bertz CT molecular complexity index is 1230. The number of nitrogens with two attached hydrogens (primary N) is 1. The van der Waals surface area contributed by atoms with Gasteiger partial charge in [-0.15, -0.1) is 0 Å². The van der Waals surface area contributed by atoms with Gasteiger partial charge >= 0.3 is 0 Å². The van der Waals surface area contributed by atoms with Crippen LogP contribution in [0, 0.1) is 0 Å². The van der Waals surface area contributed by atoms with Crippen molar-refractivity contribution < 1.29 is 9.47 Å². The van der Waals surface area contributed by atoms with Crippen LogP contribution in [0.25, 0.3) is 22.2 Å². The monoisotopic (exact) mass is 505 g/mol. The standard InChI is InChI=1S/C28H39N7O2/c1-5-22-28(31-19-10-14-37-15-11-19)33-25-21(17-30-27(29)26(25)32-22)18-6-7-23(24(16-18)36-4)35-12-8-20(9-13-35)34(2)3/h6-7,16-17,19-20H,5,8-15H2,1-4H3,(H2,29,30)(H,31,33). The molecule has 0 aliphatic carbocycles. The summed E-state index contributed by atoms with van der Waals surface area (Å²) in [5.41, 5.74) is 11.6. The van der Waals surface area contributed by atoms with Crippen LogP contribution in [0.2, 0.25) is 0 Å². The minimum atomic E-state index is 0.324. The molecule has 9 heteroatoms. The zero-order valence-electron chi connectivity index (χ0n) is 22.5. The Balaban J connectivity index is 1.50. The van der Waals surface area contributed by atoms with Gasteiger partial charge in [-0.1, -0.05) is 13.0 Å². The van der Waals surface area contributed by atoms with Gasteiger partial charge in [-0.25, -0.2) is 15.0 Å². The molecular formula is C28H39N7O2. The smallest absolute Gasteiger partial charge is 0.151 e. The topological polar surface area (TPSA) is 102 Å². The highest BCUT2D eigenvalue weighted by Gasteiger charge is 2.24. The second kappa shape index (κ2) is 11.1. The third-order valence-electron chi connectivity index (χ3n) is 7.72. The van der Waals surface area contributed by atoms with Crippen molar-refractivity contribution in [2.75, 3.05) is 63.5 Å². The quantitative estimate of drug-likeness (QED) is 0.494. The van der Waals surface area contributed by atoms with Gasteiger partial charge in [0.2, 0.25) is 0 Å². The van der Waals surface area contributed by atoms with Crippen molar-refractivity contribution in [2.24, 2.45) is 0 Å².